The Morgan fingerprint density at radius 3 is 2.26 bits per heavy atom. The summed E-state index contributed by atoms with van der Waals surface area (Å²) in [7, 11) is 0. The Labute approximate surface area is 266 Å². The molecule has 0 aliphatic carbocycles. The van der Waals surface area contributed by atoms with Crippen molar-refractivity contribution in [3.8, 4) is 0 Å². The van der Waals surface area contributed by atoms with Crippen molar-refractivity contribution in [2.75, 3.05) is 13.1 Å². The van der Waals surface area contributed by atoms with Crippen LogP contribution in [0.5, 0.6) is 0 Å². The molecule has 3 saturated heterocycles. The van der Waals surface area contributed by atoms with E-state index in [9.17, 15) is 14.0 Å². The fourth-order valence-electron chi connectivity index (χ4n) is 7.82. The molecule has 236 valence electrons. The Hall–Kier alpha value is -2.22. The minimum atomic E-state index is -0.604. The predicted molar refractivity (Wildman–Crippen MR) is 170 cm³/mol. The van der Waals surface area contributed by atoms with Gasteiger partial charge in [-0.3, -0.25) is 14.5 Å². The molecule has 5 nitrogen and oxygen atoms in total. The first kappa shape index (κ1) is 33.7. The molecule has 5 rings (SSSR count). The van der Waals surface area contributed by atoms with E-state index in [4.69, 9.17) is 11.6 Å². The summed E-state index contributed by atoms with van der Waals surface area (Å²) in [4.78, 5) is 30.8. The summed E-state index contributed by atoms with van der Waals surface area (Å²) in [5.41, 5.74) is 2.57. The summed E-state index contributed by atoms with van der Waals surface area (Å²) >= 11 is 6.42. The van der Waals surface area contributed by atoms with Gasteiger partial charge in [-0.05, 0) is 107 Å². The fraction of sp³-hybridized carbons (Fsp3) is 0.588. The number of benzene rings is 2. The van der Waals surface area contributed by atoms with E-state index in [1.165, 1.54) is 24.6 Å². The van der Waals surface area contributed by atoms with E-state index in [1.807, 2.05) is 12.1 Å². The van der Waals surface area contributed by atoms with Crippen LogP contribution in [-0.2, 0) is 9.59 Å². The number of carbonyl (C=O) groups excluding carboxylic acids is 2. The molecule has 2 aromatic carbocycles. The van der Waals surface area contributed by atoms with Gasteiger partial charge < -0.3 is 10.2 Å². The maximum atomic E-state index is 15.2. The van der Waals surface area contributed by atoms with E-state index < -0.39 is 11.6 Å². The number of carbonyl (C=O) groups is 2. The molecule has 3 fully saturated rings. The van der Waals surface area contributed by atoms with Crippen LogP contribution in [0.25, 0.3) is 0 Å². The summed E-state index contributed by atoms with van der Waals surface area (Å²) in [6.07, 6.45) is 5.01. The van der Waals surface area contributed by atoms with Crippen molar-refractivity contribution in [3.05, 3.63) is 69.7 Å². The number of hydrogen-bond acceptors (Lipinski definition) is 3. The van der Waals surface area contributed by atoms with Gasteiger partial charge in [0.2, 0.25) is 11.8 Å². The van der Waals surface area contributed by atoms with Crippen LogP contribution < -0.4 is 5.32 Å². The third-order valence-electron chi connectivity index (χ3n) is 9.88. The Bertz CT molecular complexity index is 1320. The molecule has 2 aromatic rings. The summed E-state index contributed by atoms with van der Waals surface area (Å²) in [6.45, 7) is 11.3. The lowest BCUT2D eigenvalue weighted by Gasteiger charge is -2.47. The smallest absolute Gasteiger partial charge is 0.226 e. The second kappa shape index (κ2) is 13.4. The minimum Gasteiger partial charge on any atom is -0.350 e. The number of rotatable bonds is 6. The third kappa shape index (κ3) is 7.04. The van der Waals surface area contributed by atoms with E-state index in [-0.39, 0.29) is 65.6 Å². The van der Waals surface area contributed by atoms with Crippen molar-refractivity contribution >= 4 is 35.8 Å². The number of hydrogen-bond donors (Lipinski definition) is 1. The number of nitrogens with zero attached hydrogens (tertiary/aromatic N) is 2. The van der Waals surface area contributed by atoms with Crippen molar-refractivity contribution in [3.63, 3.8) is 0 Å². The lowest BCUT2D eigenvalue weighted by atomic mass is 9.76. The van der Waals surface area contributed by atoms with Gasteiger partial charge in [-0.2, -0.15) is 0 Å². The molecule has 2 unspecified atom stereocenters. The normalized spacial score (nSPS) is 26.5. The van der Waals surface area contributed by atoms with Crippen LogP contribution in [0.3, 0.4) is 0 Å². The Kier molecular flexibility index (Phi) is 10.5. The average Bonchev–Trinajstić information content (AvgIpc) is 3.19. The Morgan fingerprint density at radius 2 is 1.67 bits per heavy atom. The number of likely N-dealkylation sites (tertiary alicyclic amines) is 1. The molecule has 2 bridgehead atoms. The summed E-state index contributed by atoms with van der Waals surface area (Å²) in [6, 6.07) is 9.89. The van der Waals surface area contributed by atoms with Gasteiger partial charge in [0.1, 0.15) is 11.6 Å². The summed E-state index contributed by atoms with van der Waals surface area (Å²) < 4.78 is 29.0. The fourth-order valence-corrected chi connectivity index (χ4v) is 8.00. The van der Waals surface area contributed by atoms with Crippen LogP contribution in [0.4, 0.5) is 8.78 Å². The van der Waals surface area contributed by atoms with Crippen LogP contribution in [-0.4, -0.2) is 52.3 Å². The molecular formula is C34H45Cl2F2N3O2. The summed E-state index contributed by atoms with van der Waals surface area (Å²) in [5.74, 6) is -1.56. The van der Waals surface area contributed by atoms with Crippen molar-refractivity contribution in [1.82, 2.24) is 15.1 Å². The molecule has 0 saturated carbocycles. The van der Waals surface area contributed by atoms with Gasteiger partial charge in [-0.15, -0.1) is 12.4 Å². The highest BCUT2D eigenvalue weighted by Crippen LogP contribution is 2.47. The molecule has 3 heterocycles. The predicted octanol–water partition coefficient (Wildman–Crippen LogP) is 7.77. The van der Waals surface area contributed by atoms with E-state index in [0.29, 0.717) is 23.6 Å². The Balaban J connectivity index is 0.00000423. The zero-order chi connectivity index (χ0) is 30.3. The van der Waals surface area contributed by atoms with E-state index in [0.717, 1.165) is 50.3 Å². The zero-order valence-corrected chi connectivity index (χ0v) is 27.4. The first-order valence-corrected chi connectivity index (χ1v) is 15.8. The SMILES string of the molecule is CCC(NC(C)=O)c1cc(Cl)ccc1C1C[C@H]2CC[C@@H](C1)N2C(=O)[C@@H]1CCN(C(C)(C)C)C[C@H]1c1ccc(F)cc1F.Cl. The number of fused-ring (bicyclic) bond motifs is 2. The van der Waals surface area contributed by atoms with Crippen molar-refractivity contribution in [1.29, 1.82) is 0 Å². The van der Waals surface area contributed by atoms with Gasteiger partial charge in [-0.25, -0.2) is 8.78 Å². The quantitative estimate of drug-likeness (QED) is 0.353. The van der Waals surface area contributed by atoms with E-state index in [1.54, 1.807) is 0 Å². The topological polar surface area (TPSA) is 52.7 Å². The molecule has 43 heavy (non-hydrogen) atoms. The highest BCUT2D eigenvalue weighted by molar-refractivity contribution is 6.30. The standard InChI is InChI=1S/C34H44ClF2N3O2.ClH/c1-6-32(38-20(2)41)29-17-22(35)7-11-26(29)21-15-24-9-10-25(16-21)40(24)33(42)28-13-14-39(34(3,4)5)19-30(28)27-12-8-23(36)18-31(27)37;/h7-8,11-12,17-18,21,24-25,28,30,32H,6,9-10,13-16,19H2,1-5H3,(H,38,41);1H/t21?,24-,25+,28-,30+,32?;/m1./s1. The molecule has 0 spiro atoms. The minimum absolute atomic E-state index is 0. The Morgan fingerprint density at radius 1 is 1.02 bits per heavy atom. The van der Waals surface area contributed by atoms with Gasteiger partial charge in [0, 0.05) is 54.0 Å². The van der Waals surface area contributed by atoms with Gasteiger partial charge in [0.05, 0.1) is 6.04 Å². The van der Waals surface area contributed by atoms with Gasteiger partial charge in [0.15, 0.2) is 0 Å². The van der Waals surface area contributed by atoms with E-state index >= 15 is 4.39 Å². The van der Waals surface area contributed by atoms with Crippen molar-refractivity contribution in [2.45, 2.75) is 109 Å². The molecule has 6 atom stereocenters. The first-order chi connectivity index (χ1) is 19.9. The molecule has 1 N–H and O–H groups in total. The van der Waals surface area contributed by atoms with Crippen LogP contribution >= 0.6 is 24.0 Å². The second-order valence-electron chi connectivity index (χ2n) is 13.5. The number of piperidine rings is 2. The maximum absolute atomic E-state index is 15.2. The van der Waals surface area contributed by atoms with Crippen molar-refractivity contribution < 1.29 is 18.4 Å². The lowest BCUT2D eigenvalue weighted by molar-refractivity contribution is -0.143. The first-order valence-electron chi connectivity index (χ1n) is 15.5. The lowest BCUT2D eigenvalue weighted by Crippen LogP contribution is -2.55. The number of amides is 2. The highest BCUT2D eigenvalue weighted by Gasteiger charge is 2.48. The molecule has 0 aromatic heterocycles. The second-order valence-corrected chi connectivity index (χ2v) is 14.0. The van der Waals surface area contributed by atoms with Gasteiger partial charge >= 0.3 is 0 Å². The van der Waals surface area contributed by atoms with Gasteiger partial charge in [-0.1, -0.05) is 30.7 Å². The van der Waals surface area contributed by atoms with Crippen molar-refractivity contribution in [2.24, 2.45) is 5.92 Å². The van der Waals surface area contributed by atoms with Gasteiger partial charge in [0.25, 0.3) is 0 Å². The van der Waals surface area contributed by atoms with Crippen LogP contribution in [0, 0.1) is 17.6 Å². The van der Waals surface area contributed by atoms with Crippen LogP contribution in [0.2, 0.25) is 5.02 Å². The maximum Gasteiger partial charge on any atom is 0.226 e. The monoisotopic (exact) mass is 635 g/mol. The molecule has 3 aliphatic rings. The molecule has 2 amide bonds. The third-order valence-corrected chi connectivity index (χ3v) is 10.1. The van der Waals surface area contributed by atoms with Crippen LogP contribution in [0.15, 0.2) is 36.4 Å². The molecule has 9 heteroatoms. The molecule has 0 radical (unpaired) electrons. The van der Waals surface area contributed by atoms with Crippen LogP contribution in [0.1, 0.15) is 108 Å². The molecular weight excluding hydrogens is 591 g/mol. The highest BCUT2D eigenvalue weighted by atomic mass is 35.5. The zero-order valence-electron chi connectivity index (χ0n) is 25.8. The largest absolute Gasteiger partial charge is 0.350 e. The number of halogens is 4. The summed E-state index contributed by atoms with van der Waals surface area (Å²) in [5, 5.41) is 3.73. The van der Waals surface area contributed by atoms with E-state index in [2.05, 4.69) is 48.9 Å². The average molecular weight is 637 g/mol. The molecule has 3 aliphatic heterocycles. The number of nitrogens with one attached hydrogen (secondary N) is 1.